The molecular weight excluding hydrogens is 367 g/mol. The van der Waals surface area contributed by atoms with Gasteiger partial charge in [-0.2, -0.15) is 4.98 Å². The first-order valence-electron chi connectivity index (χ1n) is 9.27. The summed E-state index contributed by atoms with van der Waals surface area (Å²) in [6.45, 7) is 4.10. The maximum atomic E-state index is 13.2. The van der Waals surface area contributed by atoms with E-state index in [1.807, 2.05) is 38.1 Å². The standard InChI is InChI=1S/C22H21FN6/c1-12(2)19-11-21(29-22(25)28-19)26-15-7-8-18-16(9-15)17(24)10-20(27-18)13-3-5-14(23)6-4-13/h3-12H,1-2H3,(H2,24,27)(H3,25,26,28,29). The fourth-order valence-electron chi connectivity index (χ4n) is 3.09. The van der Waals surface area contributed by atoms with Crippen LogP contribution in [0, 0.1) is 5.82 Å². The van der Waals surface area contributed by atoms with Gasteiger partial charge in [0.2, 0.25) is 5.95 Å². The van der Waals surface area contributed by atoms with E-state index < -0.39 is 0 Å². The van der Waals surface area contributed by atoms with Crippen LogP contribution in [0.15, 0.2) is 54.6 Å². The van der Waals surface area contributed by atoms with Crippen LogP contribution in [0.2, 0.25) is 0 Å². The number of anilines is 4. The normalized spacial score (nSPS) is 11.2. The SMILES string of the molecule is CC(C)c1cc(Nc2ccc3nc(-c4ccc(F)cc4)cc(N)c3c2)nc(N)n1. The molecule has 0 amide bonds. The van der Waals surface area contributed by atoms with Gasteiger partial charge in [0, 0.05) is 28.4 Å². The minimum Gasteiger partial charge on any atom is -0.398 e. The smallest absolute Gasteiger partial charge is 0.222 e. The molecule has 29 heavy (non-hydrogen) atoms. The van der Waals surface area contributed by atoms with Gasteiger partial charge in [-0.1, -0.05) is 13.8 Å². The Morgan fingerprint density at radius 2 is 1.66 bits per heavy atom. The molecule has 0 aliphatic carbocycles. The molecule has 0 bridgehead atoms. The first-order valence-corrected chi connectivity index (χ1v) is 9.27. The van der Waals surface area contributed by atoms with Crippen molar-refractivity contribution in [1.29, 1.82) is 0 Å². The molecule has 0 unspecified atom stereocenters. The molecule has 7 heteroatoms. The zero-order valence-corrected chi connectivity index (χ0v) is 16.1. The lowest BCUT2D eigenvalue weighted by Crippen LogP contribution is -2.04. The Bertz CT molecular complexity index is 1190. The molecule has 5 N–H and O–H groups in total. The van der Waals surface area contributed by atoms with Gasteiger partial charge in [-0.3, -0.25) is 0 Å². The van der Waals surface area contributed by atoms with Crippen molar-refractivity contribution in [3.63, 3.8) is 0 Å². The second kappa shape index (κ2) is 7.35. The first-order chi connectivity index (χ1) is 13.9. The number of benzene rings is 2. The molecular formula is C22H21FN6. The van der Waals surface area contributed by atoms with Crippen LogP contribution < -0.4 is 16.8 Å². The van der Waals surface area contributed by atoms with Crippen LogP contribution in [-0.2, 0) is 0 Å². The minimum absolute atomic E-state index is 0.226. The largest absolute Gasteiger partial charge is 0.398 e. The number of nitrogens with two attached hydrogens (primary N) is 2. The summed E-state index contributed by atoms with van der Waals surface area (Å²) in [6, 6.07) is 15.6. The van der Waals surface area contributed by atoms with Crippen LogP contribution in [0.3, 0.4) is 0 Å². The summed E-state index contributed by atoms with van der Waals surface area (Å²) in [5.41, 5.74) is 16.6. The summed E-state index contributed by atoms with van der Waals surface area (Å²) >= 11 is 0. The zero-order valence-electron chi connectivity index (χ0n) is 16.1. The average molecular weight is 388 g/mol. The van der Waals surface area contributed by atoms with Crippen LogP contribution in [0.5, 0.6) is 0 Å². The number of hydrogen-bond donors (Lipinski definition) is 3. The van der Waals surface area contributed by atoms with Crippen molar-refractivity contribution in [2.45, 2.75) is 19.8 Å². The molecule has 2 heterocycles. The van der Waals surface area contributed by atoms with Crippen molar-refractivity contribution in [3.05, 3.63) is 66.1 Å². The van der Waals surface area contributed by atoms with Gasteiger partial charge in [-0.15, -0.1) is 0 Å². The van der Waals surface area contributed by atoms with E-state index in [0.29, 0.717) is 17.2 Å². The van der Waals surface area contributed by atoms with E-state index in [4.69, 9.17) is 11.5 Å². The monoisotopic (exact) mass is 388 g/mol. The van der Waals surface area contributed by atoms with Gasteiger partial charge < -0.3 is 16.8 Å². The van der Waals surface area contributed by atoms with Crippen molar-refractivity contribution >= 4 is 34.0 Å². The second-order valence-corrected chi connectivity index (χ2v) is 7.15. The number of nitrogens with one attached hydrogen (secondary N) is 1. The molecule has 0 radical (unpaired) electrons. The first kappa shape index (κ1) is 18.6. The van der Waals surface area contributed by atoms with Gasteiger partial charge in [0.15, 0.2) is 0 Å². The number of pyridine rings is 1. The highest BCUT2D eigenvalue weighted by molar-refractivity contribution is 5.95. The summed E-state index contributed by atoms with van der Waals surface area (Å²) in [4.78, 5) is 13.2. The molecule has 2 aromatic heterocycles. The van der Waals surface area contributed by atoms with Gasteiger partial charge in [-0.05, 0) is 54.4 Å². The Labute approximate surface area is 167 Å². The van der Waals surface area contributed by atoms with E-state index in [1.54, 1.807) is 18.2 Å². The van der Waals surface area contributed by atoms with Crippen molar-refractivity contribution in [2.75, 3.05) is 16.8 Å². The number of aromatic nitrogens is 3. The lowest BCUT2D eigenvalue weighted by Gasteiger charge is -2.12. The summed E-state index contributed by atoms with van der Waals surface area (Å²) in [5, 5.41) is 4.07. The maximum Gasteiger partial charge on any atom is 0.222 e. The van der Waals surface area contributed by atoms with Gasteiger partial charge >= 0.3 is 0 Å². The molecule has 0 aliphatic rings. The van der Waals surface area contributed by atoms with Crippen molar-refractivity contribution in [2.24, 2.45) is 0 Å². The van der Waals surface area contributed by atoms with E-state index >= 15 is 0 Å². The Kier molecular flexibility index (Phi) is 4.72. The summed E-state index contributed by atoms with van der Waals surface area (Å²) in [6.07, 6.45) is 0. The minimum atomic E-state index is -0.288. The van der Waals surface area contributed by atoms with Crippen LogP contribution in [0.1, 0.15) is 25.5 Å². The van der Waals surface area contributed by atoms with Crippen LogP contribution in [0.25, 0.3) is 22.2 Å². The van der Waals surface area contributed by atoms with Crippen molar-refractivity contribution in [1.82, 2.24) is 15.0 Å². The number of fused-ring (bicyclic) bond motifs is 1. The molecule has 146 valence electrons. The molecule has 4 rings (SSSR count). The Morgan fingerprint density at radius 1 is 0.897 bits per heavy atom. The van der Waals surface area contributed by atoms with Crippen molar-refractivity contribution < 1.29 is 4.39 Å². The van der Waals surface area contributed by atoms with Crippen LogP contribution in [-0.4, -0.2) is 15.0 Å². The number of nitrogens with zero attached hydrogens (tertiary/aromatic N) is 3. The molecule has 0 saturated carbocycles. The van der Waals surface area contributed by atoms with E-state index in [-0.39, 0.29) is 17.7 Å². The maximum absolute atomic E-state index is 13.2. The molecule has 0 spiro atoms. The molecule has 6 nitrogen and oxygen atoms in total. The highest BCUT2D eigenvalue weighted by Crippen LogP contribution is 2.29. The third-order valence-electron chi connectivity index (χ3n) is 4.61. The fourth-order valence-corrected chi connectivity index (χ4v) is 3.09. The average Bonchev–Trinajstić information content (AvgIpc) is 2.68. The van der Waals surface area contributed by atoms with E-state index in [0.717, 1.165) is 27.8 Å². The Balaban J connectivity index is 1.69. The lowest BCUT2D eigenvalue weighted by atomic mass is 10.1. The summed E-state index contributed by atoms with van der Waals surface area (Å²) < 4.78 is 13.2. The summed E-state index contributed by atoms with van der Waals surface area (Å²) in [7, 11) is 0. The number of halogens is 1. The zero-order chi connectivity index (χ0) is 20.5. The predicted molar refractivity (Wildman–Crippen MR) is 115 cm³/mol. The second-order valence-electron chi connectivity index (χ2n) is 7.15. The molecule has 2 aromatic carbocycles. The molecule has 0 saturated heterocycles. The fraction of sp³-hybridized carbons (Fsp3) is 0.136. The third-order valence-corrected chi connectivity index (χ3v) is 4.61. The Hall–Kier alpha value is -3.74. The molecule has 0 atom stereocenters. The third kappa shape index (κ3) is 3.94. The lowest BCUT2D eigenvalue weighted by molar-refractivity contribution is 0.628. The van der Waals surface area contributed by atoms with Crippen LogP contribution >= 0.6 is 0 Å². The predicted octanol–water partition coefficient (Wildman–Crippen LogP) is 4.86. The molecule has 0 aliphatic heterocycles. The van der Waals surface area contributed by atoms with E-state index in [2.05, 4.69) is 20.3 Å². The van der Waals surface area contributed by atoms with Gasteiger partial charge in [0.25, 0.3) is 0 Å². The molecule has 4 aromatic rings. The number of nitrogen functional groups attached to an aromatic ring is 2. The highest BCUT2D eigenvalue weighted by Gasteiger charge is 2.09. The van der Waals surface area contributed by atoms with E-state index in [1.165, 1.54) is 12.1 Å². The van der Waals surface area contributed by atoms with E-state index in [9.17, 15) is 4.39 Å². The molecule has 0 fully saturated rings. The highest BCUT2D eigenvalue weighted by atomic mass is 19.1. The van der Waals surface area contributed by atoms with Gasteiger partial charge in [-0.25, -0.2) is 14.4 Å². The van der Waals surface area contributed by atoms with Gasteiger partial charge in [0.1, 0.15) is 11.6 Å². The quantitative estimate of drug-likeness (QED) is 0.461. The van der Waals surface area contributed by atoms with Crippen molar-refractivity contribution in [3.8, 4) is 11.3 Å². The topological polar surface area (TPSA) is 103 Å². The summed E-state index contributed by atoms with van der Waals surface area (Å²) in [5.74, 6) is 0.797. The number of rotatable bonds is 4. The Morgan fingerprint density at radius 3 is 2.38 bits per heavy atom. The van der Waals surface area contributed by atoms with Crippen LogP contribution in [0.4, 0.5) is 27.5 Å². The number of hydrogen-bond acceptors (Lipinski definition) is 6. The van der Waals surface area contributed by atoms with Gasteiger partial charge in [0.05, 0.1) is 16.9 Å².